The molecule has 3 rings (SSSR count). The van der Waals surface area contributed by atoms with Gasteiger partial charge >= 0.3 is 0 Å². The van der Waals surface area contributed by atoms with Crippen LogP contribution in [-0.2, 0) is 7.05 Å². The van der Waals surface area contributed by atoms with Gasteiger partial charge in [-0.1, -0.05) is 6.92 Å². The Labute approximate surface area is 120 Å². The SMILES string of the molecule is CCCNc1nc(Nc2cnn(C)c2)c2ccsc2n1. The van der Waals surface area contributed by atoms with Gasteiger partial charge in [0, 0.05) is 19.8 Å². The Hall–Kier alpha value is -2.15. The Morgan fingerprint density at radius 1 is 1.35 bits per heavy atom. The topological polar surface area (TPSA) is 67.7 Å². The van der Waals surface area contributed by atoms with Crippen LogP contribution < -0.4 is 10.6 Å². The average molecular weight is 288 g/mol. The van der Waals surface area contributed by atoms with Crippen LogP contribution in [0.3, 0.4) is 0 Å². The van der Waals surface area contributed by atoms with E-state index in [4.69, 9.17) is 0 Å². The number of hydrogen-bond acceptors (Lipinski definition) is 6. The minimum absolute atomic E-state index is 0.660. The zero-order valence-corrected chi connectivity index (χ0v) is 12.2. The standard InChI is InChI=1S/C13H16N6S/c1-3-5-14-13-17-11(10-4-6-20-12(10)18-13)16-9-7-15-19(2)8-9/h4,6-8H,3,5H2,1-2H3,(H2,14,16,17,18). The third-order valence-corrected chi connectivity index (χ3v) is 3.63. The van der Waals surface area contributed by atoms with E-state index in [1.54, 1.807) is 22.2 Å². The summed E-state index contributed by atoms with van der Waals surface area (Å²) in [6, 6.07) is 2.03. The summed E-state index contributed by atoms with van der Waals surface area (Å²) < 4.78 is 1.75. The number of anilines is 3. The van der Waals surface area contributed by atoms with Gasteiger partial charge in [-0.25, -0.2) is 4.98 Å². The van der Waals surface area contributed by atoms with Gasteiger partial charge in [-0.05, 0) is 17.9 Å². The number of hydrogen-bond donors (Lipinski definition) is 2. The van der Waals surface area contributed by atoms with Crippen molar-refractivity contribution >= 4 is 39.0 Å². The highest BCUT2D eigenvalue weighted by molar-refractivity contribution is 7.16. The number of nitrogens with zero attached hydrogens (tertiary/aromatic N) is 4. The van der Waals surface area contributed by atoms with Crippen LogP contribution in [0, 0.1) is 0 Å². The highest BCUT2D eigenvalue weighted by atomic mass is 32.1. The summed E-state index contributed by atoms with van der Waals surface area (Å²) in [7, 11) is 1.89. The van der Waals surface area contributed by atoms with Crippen molar-refractivity contribution in [1.29, 1.82) is 0 Å². The van der Waals surface area contributed by atoms with E-state index in [0.717, 1.165) is 34.7 Å². The zero-order chi connectivity index (χ0) is 13.9. The molecule has 0 amide bonds. The van der Waals surface area contributed by atoms with Crippen molar-refractivity contribution in [1.82, 2.24) is 19.7 Å². The Morgan fingerprint density at radius 3 is 3.00 bits per heavy atom. The number of nitrogens with one attached hydrogen (secondary N) is 2. The molecule has 0 atom stereocenters. The highest BCUT2D eigenvalue weighted by Gasteiger charge is 2.09. The van der Waals surface area contributed by atoms with Gasteiger partial charge in [0.2, 0.25) is 5.95 Å². The van der Waals surface area contributed by atoms with Crippen molar-refractivity contribution in [2.45, 2.75) is 13.3 Å². The first-order valence-electron chi connectivity index (χ1n) is 6.51. The fraction of sp³-hybridized carbons (Fsp3) is 0.308. The van der Waals surface area contributed by atoms with Crippen LogP contribution in [-0.4, -0.2) is 26.3 Å². The molecule has 0 aliphatic rings. The number of aryl methyl sites for hydroxylation is 1. The lowest BCUT2D eigenvalue weighted by atomic mass is 10.3. The van der Waals surface area contributed by atoms with Crippen LogP contribution in [0.2, 0.25) is 0 Å². The van der Waals surface area contributed by atoms with Gasteiger partial charge in [0.25, 0.3) is 0 Å². The van der Waals surface area contributed by atoms with Crippen molar-refractivity contribution in [2.75, 3.05) is 17.2 Å². The van der Waals surface area contributed by atoms with E-state index in [1.165, 1.54) is 0 Å². The molecule has 0 unspecified atom stereocenters. The molecule has 104 valence electrons. The molecule has 0 fully saturated rings. The molecule has 0 saturated carbocycles. The van der Waals surface area contributed by atoms with E-state index in [1.807, 2.05) is 24.7 Å². The predicted molar refractivity (Wildman–Crippen MR) is 82.7 cm³/mol. The number of aromatic nitrogens is 4. The van der Waals surface area contributed by atoms with E-state index < -0.39 is 0 Å². The maximum absolute atomic E-state index is 4.55. The van der Waals surface area contributed by atoms with Crippen molar-refractivity contribution in [3.63, 3.8) is 0 Å². The van der Waals surface area contributed by atoms with Crippen LogP contribution in [0.1, 0.15) is 13.3 Å². The minimum Gasteiger partial charge on any atom is -0.354 e. The smallest absolute Gasteiger partial charge is 0.226 e. The quantitative estimate of drug-likeness (QED) is 0.755. The normalized spacial score (nSPS) is 10.9. The summed E-state index contributed by atoms with van der Waals surface area (Å²) in [6.07, 6.45) is 4.73. The van der Waals surface area contributed by atoms with Crippen LogP contribution in [0.4, 0.5) is 17.5 Å². The molecule has 3 aromatic rings. The zero-order valence-electron chi connectivity index (χ0n) is 11.4. The Bertz CT molecular complexity index is 717. The molecule has 0 spiro atoms. The third-order valence-electron chi connectivity index (χ3n) is 2.83. The molecular formula is C13H16N6S. The second-order valence-electron chi connectivity index (χ2n) is 4.49. The fourth-order valence-corrected chi connectivity index (χ4v) is 2.65. The van der Waals surface area contributed by atoms with Gasteiger partial charge in [-0.3, -0.25) is 4.68 Å². The van der Waals surface area contributed by atoms with Gasteiger partial charge < -0.3 is 10.6 Å². The third kappa shape index (κ3) is 2.57. The lowest BCUT2D eigenvalue weighted by molar-refractivity contribution is 0.768. The largest absolute Gasteiger partial charge is 0.354 e. The number of thiophene rings is 1. The molecule has 0 radical (unpaired) electrons. The van der Waals surface area contributed by atoms with E-state index in [0.29, 0.717) is 5.95 Å². The molecule has 20 heavy (non-hydrogen) atoms. The molecule has 0 aromatic carbocycles. The minimum atomic E-state index is 0.660. The monoisotopic (exact) mass is 288 g/mol. The van der Waals surface area contributed by atoms with Gasteiger partial charge in [0.1, 0.15) is 10.6 Å². The molecule has 6 nitrogen and oxygen atoms in total. The van der Waals surface area contributed by atoms with Gasteiger partial charge in [-0.15, -0.1) is 11.3 Å². The highest BCUT2D eigenvalue weighted by Crippen LogP contribution is 2.28. The summed E-state index contributed by atoms with van der Waals surface area (Å²) >= 11 is 1.61. The van der Waals surface area contributed by atoms with Crippen LogP contribution in [0.25, 0.3) is 10.2 Å². The van der Waals surface area contributed by atoms with E-state index in [2.05, 4.69) is 32.6 Å². The maximum Gasteiger partial charge on any atom is 0.226 e. The van der Waals surface area contributed by atoms with Crippen molar-refractivity contribution in [3.05, 3.63) is 23.8 Å². The van der Waals surface area contributed by atoms with Crippen molar-refractivity contribution in [3.8, 4) is 0 Å². The van der Waals surface area contributed by atoms with Crippen LogP contribution >= 0.6 is 11.3 Å². The molecule has 0 aliphatic heterocycles. The molecule has 3 aromatic heterocycles. The molecule has 0 saturated heterocycles. The van der Waals surface area contributed by atoms with Crippen molar-refractivity contribution in [2.24, 2.45) is 7.05 Å². The Balaban J connectivity index is 1.96. The van der Waals surface area contributed by atoms with E-state index >= 15 is 0 Å². The van der Waals surface area contributed by atoms with Crippen molar-refractivity contribution < 1.29 is 0 Å². The lowest BCUT2D eigenvalue weighted by Gasteiger charge is -2.08. The summed E-state index contributed by atoms with van der Waals surface area (Å²) in [5, 5.41) is 13.7. The second kappa shape index (κ2) is 5.46. The summed E-state index contributed by atoms with van der Waals surface area (Å²) in [6.45, 7) is 2.98. The second-order valence-corrected chi connectivity index (χ2v) is 5.38. The van der Waals surface area contributed by atoms with Gasteiger partial charge in [0.15, 0.2) is 0 Å². The summed E-state index contributed by atoms with van der Waals surface area (Å²) in [5.74, 6) is 1.47. The van der Waals surface area contributed by atoms with Crippen LogP contribution in [0.5, 0.6) is 0 Å². The van der Waals surface area contributed by atoms with Gasteiger partial charge in [-0.2, -0.15) is 10.1 Å². The summed E-state index contributed by atoms with van der Waals surface area (Å²) in [4.78, 5) is 10.0. The Morgan fingerprint density at radius 2 is 2.25 bits per heavy atom. The van der Waals surface area contributed by atoms with Crippen LogP contribution in [0.15, 0.2) is 23.8 Å². The fourth-order valence-electron chi connectivity index (χ4n) is 1.89. The first-order valence-corrected chi connectivity index (χ1v) is 7.39. The van der Waals surface area contributed by atoms with E-state index in [9.17, 15) is 0 Å². The molecule has 0 bridgehead atoms. The maximum atomic E-state index is 4.55. The summed E-state index contributed by atoms with van der Waals surface area (Å²) in [5.41, 5.74) is 0.917. The van der Waals surface area contributed by atoms with E-state index in [-0.39, 0.29) is 0 Å². The molecule has 2 N–H and O–H groups in total. The predicted octanol–water partition coefficient (Wildman–Crippen LogP) is 2.99. The Kier molecular flexibility index (Phi) is 3.51. The van der Waals surface area contributed by atoms with Gasteiger partial charge in [0.05, 0.1) is 17.3 Å². The number of fused-ring (bicyclic) bond motifs is 1. The molecular weight excluding hydrogens is 272 g/mol. The average Bonchev–Trinajstić information content (AvgIpc) is 3.05. The molecule has 3 heterocycles. The lowest BCUT2D eigenvalue weighted by Crippen LogP contribution is -2.05. The first kappa shape index (κ1) is 12.9. The molecule has 7 heteroatoms. The number of rotatable bonds is 5. The first-order chi connectivity index (χ1) is 9.76. The molecule has 0 aliphatic carbocycles.